The highest BCUT2D eigenvalue weighted by Gasteiger charge is 2.09. The molecule has 2 aromatic rings. The Bertz CT molecular complexity index is 606. The van der Waals surface area contributed by atoms with Crippen LogP contribution >= 0.6 is 11.3 Å². The van der Waals surface area contributed by atoms with Crippen LogP contribution in [0, 0.1) is 17.7 Å². The molecule has 0 saturated heterocycles. The van der Waals surface area contributed by atoms with Crippen LogP contribution in [-0.2, 0) is 24.1 Å². The van der Waals surface area contributed by atoms with Crippen molar-refractivity contribution in [1.29, 1.82) is 0 Å². The first kappa shape index (κ1) is 16.6. The molecule has 0 amide bonds. The van der Waals surface area contributed by atoms with Crippen molar-refractivity contribution in [2.24, 2.45) is 11.3 Å². The first-order chi connectivity index (χ1) is 10.6. The van der Waals surface area contributed by atoms with Gasteiger partial charge in [0.25, 0.3) is 0 Å². The van der Waals surface area contributed by atoms with E-state index in [2.05, 4.69) is 53.3 Å². The van der Waals surface area contributed by atoms with Crippen molar-refractivity contribution in [3.8, 4) is 0 Å². The lowest BCUT2D eigenvalue weighted by atomic mass is 10.0. The van der Waals surface area contributed by atoms with Crippen LogP contribution < -0.4 is 0 Å². The maximum absolute atomic E-state index is 9.94. The van der Waals surface area contributed by atoms with Crippen LogP contribution in [0.2, 0.25) is 0 Å². The van der Waals surface area contributed by atoms with Crippen LogP contribution in [0.3, 0.4) is 0 Å². The molecule has 0 N–H and O–H groups in total. The van der Waals surface area contributed by atoms with Gasteiger partial charge < -0.3 is 4.84 Å². The van der Waals surface area contributed by atoms with Gasteiger partial charge >= 0.3 is 0 Å². The van der Waals surface area contributed by atoms with Gasteiger partial charge in [-0.05, 0) is 30.4 Å². The summed E-state index contributed by atoms with van der Waals surface area (Å²) < 4.78 is 0. The molecule has 0 radical (unpaired) electrons. The maximum Gasteiger partial charge on any atom is 0.155 e. The second-order valence-corrected chi connectivity index (χ2v) is 7.03. The quantitative estimate of drug-likeness (QED) is 0.409. The molecule has 5 heteroatoms. The Labute approximate surface area is 135 Å². The maximum atomic E-state index is 9.94. The first-order valence-corrected chi connectivity index (χ1v) is 8.37. The monoisotopic (exact) mass is 318 g/mol. The van der Waals surface area contributed by atoms with Crippen molar-refractivity contribution in [2.75, 3.05) is 6.61 Å². The lowest BCUT2D eigenvalue weighted by molar-refractivity contribution is 0.143. The van der Waals surface area contributed by atoms with E-state index >= 15 is 0 Å². The minimum absolute atomic E-state index is 0.315. The third-order valence-corrected chi connectivity index (χ3v) is 4.65. The molecule has 22 heavy (non-hydrogen) atoms. The summed E-state index contributed by atoms with van der Waals surface area (Å²) in [5.41, 5.74) is 3.68. The van der Waals surface area contributed by atoms with Crippen LogP contribution in [0.4, 0.5) is 0 Å². The van der Waals surface area contributed by atoms with Crippen molar-refractivity contribution >= 4 is 11.3 Å². The fourth-order valence-corrected chi connectivity index (χ4v) is 3.50. The van der Waals surface area contributed by atoms with E-state index in [4.69, 9.17) is 0 Å². The second kappa shape index (κ2) is 8.03. The van der Waals surface area contributed by atoms with Gasteiger partial charge in [0.05, 0.1) is 10.7 Å². The van der Waals surface area contributed by atoms with Gasteiger partial charge in [0.1, 0.15) is 6.61 Å². The highest BCUT2D eigenvalue weighted by molar-refractivity contribution is 7.11. The van der Waals surface area contributed by atoms with Gasteiger partial charge in [0.2, 0.25) is 0 Å². The fourth-order valence-electron chi connectivity index (χ4n) is 2.41. The predicted molar refractivity (Wildman–Crippen MR) is 90.1 cm³/mol. The third-order valence-electron chi connectivity index (χ3n) is 3.43. The molecule has 0 spiro atoms. The largest absolute Gasteiger partial charge is 0.364 e. The molecule has 0 aliphatic heterocycles. The average Bonchev–Trinajstić information content (AvgIpc) is 2.81. The summed E-state index contributed by atoms with van der Waals surface area (Å²) >= 11 is 1.68. The van der Waals surface area contributed by atoms with Gasteiger partial charge in [-0.1, -0.05) is 38.1 Å². The van der Waals surface area contributed by atoms with E-state index in [0.717, 1.165) is 28.4 Å². The molecule has 0 aliphatic carbocycles. The molecular formula is C17H22N2O2S. The second-order valence-electron chi connectivity index (χ2n) is 5.87. The zero-order valence-corrected chi connectivity index (χ0v) is 14.2. The summed E-state index contributed by atoms with van der Waals surface area (Å²) in [6.07, 6.45) is 2.65. The molecule has 1 aromatic heterocycles. The third kappa shape index (κ3) is 4.91. The summed E-state index contributed by atoms with van der Waals surface area (Å²) in [6.45, 7) is 6.78. The van der Waals surface area contributed by atoms with Crippen molar-refractivity contribution in [3.05, 3.63) is 55.9 Å². The minimum atomic E-state index is 0.315. The smallest absolute Gasteiger partial charge is 0.155 e. The molecule has 0 unspecified atom stereocenters. The highest BCUT2D eigenvalue weighted by atomic mass is 32.1. The topological polar surface area (TPSA) is 51.6 Å². The van der Waals surface area contributed by atoms with Crippen LogP contribution in [0.5, 0.6) is 0 Å². The van der Waals surface area contributed by atoms with Crippen LogP contribution in [0.15, 0.2) is 29.6 Å². The lowest BCUT2D eigenvalue weighted by Gasteiger charge is -2.05. The zero-order valence-electron chi connectivity index (χ0n) is 13.3. The number of hydrogen-bond acceptors (Lipinski definition) is 5. The average molecular weight is 318 g/mol. The van der Waals surface area contributed by atoms with Crippen molar-refractivity contribution in [2.45, 2.75) is 40.0 Å². The molecule has 0 aliphatic rings. The SMILES string of the molecule is Cc1nc(Cc2ccc(CC(C)C)cc2)sc1CCON=O. The molecule has 2 rings (SSSR count). The Morgan fingerprint density at radius 3 is 2.55 bits per heavy atom. The van der Waals surface area contributed by atoms with E-state index < -0.39 is 0 Å². The van der Waals surface area contributed by atoms with Crippen molar-refractivity contribution in [1.82, 2.24) is 4.98 Å². The number of aromatic nitrogens is 1. The molecule has 0 atom stereocenters. The summed E-state index contributed by atoms with van der Waals surface area (Å²) in [5, 5.41) is 3.52. The van der Waals surface area contributed by atoms with Gasteiger partial charge in [-0.25, -0.2) is 4.98 Å². The van der Waals surface area contributed by atoms with Crippen molar-refractivity contribution < 1.29 is 4.84 Å². The van der Waals surface area contributed by atoms with E-state index in [1.54, 1.807) is 11.3 Å². The Kier molecular flexibility index (Phi) is 6.07. The highest BCUT2D eigenvalue weighted by Crippen LogP contribution is 2.22. The van der Waals surface area contributed by atoms with E-state index in [9.17, 15) is 4.91 Å². The Balaban J connectivity index is 1.98. The van der Waals surface area contributed by atoms with Gasteiger partial charge in [0, 0.05) is 17.7 Å². The minimum Gasteiger partial charge on any atom is -0.364 e. The van der Waals surface area contributed by atoms with Gasteiger partial charge in [-0.2, -0.15) is 0 Å². The van der Waals surface area contributed by atoms with Crippen molar-refractivity contribution in [3.63, 3.8) is 0 Å². The zero-order chi connectivity index (χ0) is 15.9. The Morgan fingerprint density at radius 1 is 1.23 bits per heavy atom. The molecule has 4 nitrogen and oxygen atoms in total. The fraction of sp³-hybridized carbons (Fsp3) is 0.471. The normalized spacial score (nSPS) is 10.9. The Morgan fingerprint density at radius 2 is 1.91 bits per heavy atom. The molecule has 0 saturated carbocycles. The summed E-state index contributed by atoms with van der Waals surface area (Å²) in [6, 6.07) is 8.79. The number of benzene rings is 1. The number of nitrogens with zero attached hydrogens (tertiary/aromatic N) is 2. The van der Waals surface area contributed by atoms with E-state index in [1.807, 2.05) is 6.92 Å². The molecule has 0 bridgehead atoms. The van der Waals surface area contributed by atoms with E-state index in [-0.39, 0.29) is 0 Å². The number of rotatable bonds is 8. The molecular weight excluding hydrogens is 296 g/mol. The van der Waals surface area contributed by atoms with Gasteiger partial charge in [0.15, 0.2) is 5.34 Å². The number of aryl methyl sites for hydroxylation is 1. The summed E-state index contributed by atoms with van der Waals surface area (Å²) in [4.78, 5) is 20.2. The predicted octanol–water partition coefficient (Wildman–Crippen LogP) is 4.48. The van der Waals surface area contributed by atoms with Gasteiger partial charge in [-0.15, -0.1) is 16.2 Å². The summed E-state index contributed by atoms with van der Waals surface area (Å²) in [7, 11) is 0. The Hall–Kier alpha value is -1.75. The van der Waals surface area contributed by atoms with Crippen LogP contribution in [0.1, 0.15) is 40.6 Å². The standard InChI is InChI=1S/C17H22N2O2S/c1-12(2)10-14-4-6-15(7-5-14)11-17-18-13(3)16(22-17)8-9-21-19-20/h4-7,12H,8-11H2,1-3H3. The molecule has 1 aromatic carbocycles. The van der Waals surface area contributed by atoms with E-state index in [1.165, 1.54) is 11.1 Å². The number of thiazole rings is 1. The first-order valence-electron chi connectivity index (χ1n) is 7.56. The van der Waals surface area contributed by atoms with E-state index in [0.29, 0.717) is 18.9 Å². The van der Waals surface area contributed by atoms with Gasteiger partial charge in [-0.3, -0.25) is 0 Å². The van der Waals surface area contributed by atoms with Crippen LogP contribution in [-0.4, -0.2) is 11.6 Å². The lowest BCUT2D eigenvalue weighted by Crippen LogP contribution is -1.94. The summed E-state index contributed by atoms with van der Waals surface area (Å²) in [5.74, 6) is 0.679. The molecule has 118 valence electrons. The number of hydrogen-bond donors (Lipinski definition) is 0. The van der Waals surface area contributed by atoms with Crippen LogP contribution in [0.25, 0.3) is 0 Å². The molecule has 1 heterocycles. The molecule has 0 fully saturated rings.